The molecular formula is C30H45NO2S. The molecule has 2 aromatic carbocycles. The molecule has 0 fully saturated rings. The number of hydrogen-bond acceptors (Lipinski definition) is 4. The summed E-state index contributed by atoms with van der Waals surface area (Å²) in [6, 6.07) is 14.3. The van der Waals surface area contributed by atoms with Crippen LogP contribution in [0.1, 0.15) is 103 Å². The molecule has 0 amide bonds. The summed E-state index contributed by atoms with van der Waals surface area (Å²) in [6.07, 6.45) is 15.3. The van der Waals surface area contributed by atoms with E-state index in [1.54, 1.807) is 11.8 Å². The SMILES string of the molecule is CCCCCCCCN(CCCCCCCC)C[C@H](O)c1ccc2c(c1)Sc1ccccc1O2. The Labute approximate surface area is 212 Å². The Kier molecular flexibility index (Phi) is 12.4. The molecule has 1 aliphatic rings. The number of para-hydroxylation sites is 1. The van der Waals surface area contributed by atoms with Crippen molar-refractivity contribution in [2.45, 2.75) is 107 Å². The summed E-state index contributed by atoms with van der Waals surface area (Å²) in [5.74, 6) is 1.80. The lowest BCUT2D eigenvalue weighted by Gasteiger charge is -2.26. The van der Waals surface area contributed by atoms with Crippen LogP contribution in [0.4, 0.5) is 0 Å². The molecule has 0 unspecified atom stereocenters. The van der Waals surface area contributed by atoms with E-state index in [1.807, 2.05) is 30.3 Å². The molecule has 3 nitrogen and oxygen atoms in total. The van der Waals surface area contributed by atoms with Gasteiger partial charge in [0.25, 0.3) is 0 Å². The molecule has 1 heterocycles. The predicted molar refractivity (Wildman–Crippen MR) is 145 cm³/mol. The Bertz CT molecular complexity index is 824. The van der Waals surface area contributed by atoms with Gasteiger partial charge in [0.05, 0.1) is 15.9 Å². The zero-order valence-corrected chi connectivity index (χ0v) is 22.3. The number of benzene rings is 2. The largest absolute Gasteiger partial charge is 0.455 e. The molecule has 2 aromatic rings. The molecule has 1 N–H and O–H groups in total. The first-order chi connectivity index (χ1) is 16.7. The Hall–Kier alpha value is -1.49. The molecule has 0 saturated heterocycles. The van der Waals surface area contributed by atoms with Crippen LogP contribution < -0.4 is 4.74 Å². The molecule has 0 radical (unpaired) electrons. The number of hydrogen-bond donors (Lipinski definition) is 1. The summed E-state index contributed by atoms with van der Waals surface area (Å²) in [6.45, 7) is 7.44. The highest BCUT2D eigenvalue weighted by molar-refractivity contribution is 7.99. The van der Waals surface area contributed by atoms with Crippen LogP contribution in [-0.2, 0) is 0 Å². The third-order valence-corrected chi connectivity index (χ3v) is 7.82. The minimum absolute atomic E-state index is 0.469. The number of aliphatic hydroxyl groups excluding tert-OH is 1. The highest BCUT2D eigenvalue weighted by Crippen LogP contribution is 2.47. The smallest absolute Gasteiger partial charge is 0.141 e. The summed E-state index contributed by atoms with van der Waals surface area (Å²) in [7, 11) is 0. The van der Waals surface area contributed by atoms with Crippen LogP contribution in [0.15, 0.2) is 52.3 Å². The van der Waals surface area contributed by atoms with E-state index in [0.29, 0.717) is 6.54 Å². The molecule has 0 saturated carbocycles. The van der Waals surface area contributed by atoms with Crippen molar-refractivity contribution in [3.63, 3.8) is 0 Å². The van der Waals surface area contributed by atoms with Crippen molar-refractivity contribution in [1.82, 2.24) is 4.90 Å². The summed E-state index contributed by atoms with van der Waals surface area (Å²) in [4.78, 5) is 4.73. The van der Waals surface area contributed by atoms with Crippen molar-refractivity contribution < 1.29 is 9.84 Å². The molecule has 4 heteroatoms. The molecule has 0 bridgehead atoms. The summed E-state index contributed by atoms with van der Waals surface area (Å²) in [5.41, 5.74) is 0.991. The second-order valence-corrected chi connectivity index (χ2v) is 10.8. The first kappa shape index (κ1) is 27.1. The fraction of sp³-hybridized carbons (Fsp3) is 0.600. The van der Waals surface area contributed by atoms with Crippen molar-refractivity contribution >= 4 is 11.8 Å². The maximum atomic E-state index is 11.1. The van der Waals surface area contributed by atoms with Gasteiger partial charge in [0.15, 0.2) is 0 Å². The Morgan fingerprint density at radius 1 is 0.735 bits per heavy atom. The van der Waals surface area contributed by atoms with Crippen LogP contribution in [0.2, 0.25) is 0 Å². The van der Waals surface area contributed by atoms with E-state index in [0.717, 1.165) is 39.9 Å². The van der Waals surface area contributed by atoms with E-state index in [1.165, 1.54) is 77.0 Å². The number of rotatable bonds is 17. The molecule has 34 heavy (non-hydrogen) atoms. The minimum Gasteiger partial charge on any atom is -0.455 e. The van der Waals surface area contributed by atoms with Gasteiger partial charge in [0.1, 0.15) is 11.5 Å². The standard InChI is InChI=1S/C30H45NO2S/c1-3-5-7-9-11-15-21-31(22-16-12-10-8-6-4-2)24-26(32)25-19-20-28-30(23-25)34-29-18-14-13-17-27(29)33-28/h13-14,17-20,23,26,32H,3-12,15-16,21-22,24H2,1-2H3/t26-/m0/s1. The number of nitrogens with zero attached hydrogens (tertiary/aromatic N) is 1. The van der Waals surface area contributed by atoms with E-state index in [-0.39, 0.29) is 0 Å². The molecule has 0 aromatic heterocycles. The van der Waals surface area contributed by atoms with E-state index in [9.17, 15) is 5.11 Å². The van der Waals surface area contributed by atoms with E-state index < -0.39 is 6.10 Å². The second-order valence-electron chi connectivity index (χ2n) is 9.71. The third-order valence-electron chi connectivity index (χ3n) is 6.73. The van der Waals surface area contributed by atoms with Gasteiger partial charge in [-0.1, -0.05) is 108 Å². The first-order valence-electron chi connectivity index (χ1n) is 13.7. The van der Waals surface area contributed by atoms with Crippen molar-refractivity contribution in [1.29, 1.82) is 0 Å². The van der Waals surface area contributed by atoms with Gasteiger partial charge in [-0.15, -0.1) is 0 Å². The quantitative estimate of drug-likeness (QED) is 0.194. The van der Waals surface area contributed by atoms with Crippen molar-refractivity contribution in [2.24, 2.45) is 0 Å². The monoisotopic (exact) mass is 483 g/mol. The normalized spacial score (nSPS) is 13.4. The molecule has 0 spiro atoms. The van der Waals surface area contributed by atoms with Gasteiger partial charge in [-0.25, -0.2) is 0 Å². The van der Waals surface area contributed by atoms with Gasteiger partial charge in [-0.3, -0.25) is 0 Å². The van der Waals surface area contributed by atoms with Gasteiger partial charge in [-0.2, -0.15) is 0 Å². The second kappa shape index (κ2) is 15.5. The van der Waals surface area contributed by atoms with Gasteiger partial charge in [-0.05, 0) is 55.8 Å². The van der Waals surface area contributed by atoms with Gasteiger partial charge >= 0.3 is 0 Å². The van der Waals surface area contributed by atoms with E-state index >= 15 is 0 Å². The van der Waals surface area contributed by atoms with Gasteiger partial charge < -0.3 is 14.7 Å². The first-order valence-corrected chi connectivity index (χ1v) is 14.5. The molecule has 1 aliphatic heterocycles. The Morgan fingerprint density at radius 3 is 2.00 bits per heavy atom. The number of fused-ring (bicyclic) bond motifs is 2. The highest BCUT2D eigenvalue weighted by atomic mass is 32.2. The average molecular weight is 484 g/mol. The van der Waals surface area contributed by atoms with Crippen LogP contribution in [0.25, 0.3) is 0 Å². The minimum atomic E-state index is -0.469. The molecular weight excluding hydrogens is 438 g/mol. The number of unbranched alkanes of at least 4 members (excludes halogenated alkanes) is 10. The fourth-order valence-electron chi connectivity index (χ4n) is 4.63. The van der Waals surface area contributed by atoms with Gasteiger partial charge in [0.2, 0.25) is 0 Å². The molecule has 0 aliphatic carbocycles. The summed E-state index contributed by atoms with van der Waals surface area (Å²) < 4.78 is 6.07. The van der Waals surface area contributed by atoms with E-state index in [2.05, 4.69) is 30.9 Å². The third kappa shape index (κ3) is 8.94. The topological polar surface area (TPSA) is 32.7 Å². The maximum Gasteiger partial charge on any atom is 0.141 e. The zero-order valence-electron chi connectivity index (χ0n) is 21.4. The van der Waals surface area contributed by atoms with Crippen LogP contribution in [0, 0.1) is 0 Å². The van der Waals surface area contributed by atoms with E-state index in [4.69, 9.17) is 4.74 Å². The van der Waals surface area contributed by atoms with Crippen LogP contribution in [0.5, 0.6) is 11.5 Å². The van der Waals surface area contributed by atoms with Crippen LogP contribution in [-0.4, -0.2) is 29.6 Å². The zero-order chi connectivity index (χ0) is 24.0. The Morgan fingerprint density at radius 2 is 1.32 bits per heavy atom. The number of ether oxygens (including phenoxy) is 1. The summed E-state index contributed by atoms with van der Waals surface area (Å²) in [5, 5.41) is 11.1. The Balaban J connectivity index is 1.53. The van der Waals surface area contributed by atoms with Crippen molar-refractivity contribution in [3.8, 4) is 11.5 Å². The summed E-state index contributed by atoms with van der Waals surface area (Å²) >= 11 is 1.73. The maximum absolute atomic E-state index is 11.1. The lowest BCUT2D eigenvalue weighted by molar-refractivity contribution is 0.110. The fourth-order valence-corrected chi connectivity index (χ4v) is 5.63. The molecule has 188 valence electrons. The van der Waals surface area contributed by atoms with Crippen LogP contribution >= 0.6 is 11.8 Å². The predicted octanol–water partition coefficient (Wildman–Crippen LogP) is 9.00. The number of aliphatic hydroxyl groups is 1. The lowest BCUT2D eigenvalue weighted by atomic mass is 10.1. The van der Waals surface area contributed by atoms with Gasteiger partial charge in [0, 0.05) is 6.54 Å². The average Bonchev–Trinajstić information content (AvgIpc) is 2.86. The lowest BCUT2D eigenvalue weighted by Crippen LogP contribution is -2.31. The molecule has 1 atom stereocenters. The van der Waals surface area contributed by atoms with Crippen molar-refractivity contribution in [3.05, 3.63) is 48.0 Å². The molecule has 3 rings (SSSR count). The highest BCUT2D eigenvalue weighted by Gasteiger charge is 2.20. The van der Waals surface area contributed by atoms with Crippen LogP contribution in [0.3, 0.4) is 0 Å². The van der Waals surface area contributed by atoms with Crippen molar-refractivity contribution in [2.75, 3.05) is 19.6 Å².